The molecule has 1 aliphatic heterocycles. The van der Waals surface area contributed by atoms with Crippen molar-refractivity contribution in [1.82, 2.24) is 14.5 Å². The van der Waals surface area contributed by atoms with Crippen molar-refractivity contribution in [2.75, 3.05) is 11.7 Å². The van der Waals surface area contributed by atoms with Gasteiger partial charge in [-0.25, -0.2) is 14.4 Å². The number of imidazole rings is 1. The van der Waals surface area contributed by atoms with Gasteiger partial charge in [0.25, 0.3) is 0 Å². The average Bonchev–Trinajstić information content (AvgIpc) is 3.63. The van der Waals surface area contributed by atoms with Crippen molar-refractivity contribution < 1.29 is 13.9 Å². The second-order valence-electron chi connectivity index (χ2n) is 11.1. The van der Waals surface area contributed by atoms with Crippen molar-refractivity contribution in [3.63, 3.8) is 0 Å². The van der Waals surface area contributed by atoms with Crippen LogP contribution >= 0.6 is 11.6 Å². The molecule has 0 saturated heterocycles. The van der Waals surface area contributed by atoms with Crippen LogP contribution in [0.5, 0.6) is 11.5 Å². The molecule has 0 unspecified atom stereocenters. The van der Waals surface area contributed by atoms with Crippen LogP contribution in [0.1, 0.15) is 36.8 Å². The number of benzene rings is 3. The van der Waals surface area contributed by atoms with Crippen LogP contribution in [0.4, 0.5) is 10.2 Å². The number of nitrogens with zero attached hydrogens (tertiary/aromatic N) is 4. The second kappa shape index (κ2) is 11.3. The molecule has 1 saturated carbocycles. The molecule has 0 atom stereocenters. The van der Waals surface area contributed by atoms with Gasteiger partial charge >= 0.3 is 0 Å². The number of nitrogens with two attached hydrogens (primary N) is 1. The molecule has 7 rings (SSSR count). The van der Waals surface area contributed by atoms with Crippen LogP contribution in [-0.2, 0) is 13.1 Å². The minimum absolute atomic E-state index is 0.242. The lowest BCUT2D eigenvalue weighted by Crippen LogP contribution is -2.41. The Bertz CT molecular complexity index is 1750. The standard InChI is InChI=1S/C33H31ClFN5O2/c34-28-16-37-33(40(26-8-6-25(36)7-9-26)18-22-4-11-31-32(13-22)42-20-41-31)15-27(28)23-5-10-29-30(14-23)39(19-38-29)17-21-2-1-3-24(35)12-21/h1-5,10-16,19,25-26H,6-9,17-18,20,36H2. The lowest BCUT2D eigenvalue weighted by atomic mass is 9.90. The fourth-order valence-corrected chi connectivity index (χ4v) is 6.25. The van der Waals surface area contributed by atoms with Crippen molar-refractivity contribution in [2.24, 2.45) is 5.73 Å². The Balaban J connectivity index is 1.24. The summed E-state index contributed by atoms with van der Waals surface area (Å²) in [6.07, 6.45) is 7.48. The van der Waals surface area contributed by atoms with E-state index in [4.69, 9.17) is 31.8 Å². The average molecular weight is 584 g/mol. The summed E-state index contributed by atoms with van der Waals surface area (Å²) >= 11 is 6.78. The van der Waals surface area contributed by atoms with Crippen LogP contribution in [0, 0.1) is 5.82 Å². The molecule has 1 aliphatic carbocycles. The number of ether oxygens (including phenoxy) is 2. The highest BCUT2D eigenvalue weighted by Crippen LogP contribution is 2.37. The summed E-state index contributed by atoms with van der Waals surface area (Å²) in [4.78, 5) is 11.8. The third-order valence-electron chi connectivity index (χ3n) is 8.28. The fourth-order valence-electron chi connectivity index (χ4n) is 6.03. The first kappa shape index (κ1) is 26.7. The maximum atomic E-state index is 13.8. The first-order valence-corrected chi connectivity index (χ1v) is 14.6. The summed E-state index contributed by atoms with van der Waals surface area (Å²) in [5, 5.41) is 0.572. The normalized spacial score (nSPS) is 18.0. The summed E-state index contributed by atoms with van der Waals surface area (Å²) in [7, 11) is 0. The molecule has 0 radical (unpaired) electrons. The van der Waals surface area contributed by atoms with Crippen molar-refractivity contribution in [3.05, 3.63) is 101 Å². The minimum Gasteiger partial charge on any atom is -0.454 e. The van der Waals surface area contributed by atoms with Crippen LogP contribution in [0.25, 0.3) is 22.2 Å². The van der Waals surface area contributed by atoms with E-state index >= 15 is 0 Å². The lowest BCUT2D eigenvalue weighted by molar-refractivity contribution is 0.174. The molecule has 0 spiro atoms. The van der Waals surface area contributed by atoms with E-state index in [1.165, 1.54) is 6.07 Å². The Morgan fingerprint density at radius 1 is 0.929 bits per heavy atom. The number of aromatic nitrogens is 3. The van der Waals surface area contributed by atoms with Gasteiger partial charge in [-0.2, -0.15) is 0 Å². The molecule has 42 heavy (non-hydrogen) atoms. The summed E-state index contributed by atoms with van der Waals surface area (Å²) in [6.45, 7) is 1.43. The van der Waals surface area contributed by atoms with E-state index in [0.717, 1.165) is 76.3 Å². The van der Waals surface area contributed by atoms with E-state index in [1.807, 2.05) is 28.8 Å². The number of halogens is 2. The van der Waals surface area contributed by atoms with Crippen LogP contribution < -0.4 is 20.1 Å². The van der Waals surface area contributed by atoms with Crippen molar-refractivity contribution in [3.8, 4) is 22.6 Å². The Labute approximate surface area is 248 Å². The van der Waals surface area contributed by atoms with Gasteiger partial charge in [0.1, 0.15) is 11.6 Å². The number of rotatable bonds is 7. The van der Waals surface area contributed by atoms with Crippen LogP contribution in [0.15, 0.2) is 79.3 Å². The third-order valence-corrected chi connectivity index (χ3v) is 8.58. The van der Waals surface area contributed by atoms with Gasteiger partial charge in [0.05, 0.1) is 22.4 Å². The quantitative estimate of drug-likeness (QED) is 0.223. The largest absolute Gasteiger partial charge is 0.454 e. The fraction of sp³-hybridized carbons (Fsp3) is 0.273. The van der Waals surface area contributed by atoms with E-state index in [2.05, 4.69) is 34.1 Å². The predicted octanol–water partition coefficient (Wildman–Crippen LogP) is 6.94. The highest BCUT2D eigenvalue weighted by Gasteiger charge is 2.27. The molecule has 0 bridgehead atoms. The number of anilines is 1. The number of pyridine rings is 1. The zero-order chi connectivity index (χ0) is 28.6. The highest BCUT2D eigenvalue weighted by atomic mass is 35.5. The Kier molecular flexibility index (Phi) is 7.17. The van der Waals surface area contributed by atoms with Gasteiger partial charge in [0, 0.05) is 36.9 Å². The topological polar surface area (TPSA) is 78.4 Å². The van der Waals surface area contributed by atoms with Crippen LogP contribution in [0.3, 0.4) is 0 Å². The molecule has 5 aromatic rings. The molecular formula is C33H31ClFN5O2. The van der Waals surface area contributed by atoms with E-state index < -0.39 is 0 Å². The molecular weight excluding hydrogens is 553 g/mol. The number of fused-ring (bicyclic) bond motifs is 2. The van der Waals surface area contributed by atoms with Crippen molar-refractivity contribution in [1.29, 1.82) is 0 Å². The molecule has 3 aromatic carbocycles. The Hall–Kier alpha value is -4.14. The summed E-state index contributed by atoms with van der Waals surface area (Å²) in [5.41, 5.74) is 11.9. The zero-order valence-electron chi connectivity index (χ0n) is 23.0. The van der Waals surface area contributed by atoms with Crippen molar-refractivity contribution in [2.45, 2.75) is 50.9 Å². The molecule has 3 heterocycles. The van der Waals surface area contributed by atoms with Crippen LogP contribution in [0.2, 0.25) is 5.02 Å². The zero-order valence-corrected chi connectivity index (χ0v) is 23.8. The summed E-state index contributed by atoms with van der Waals surface area (Å²) in [5.74, 6) is 2.15. The molecule has 2 aliphatic rings. The Morgan fingerprint density at radius 3 is 2.64 bits per heavy atom. The summed E-state index contributed by atoms with van der Waals surface area (Å²) < 4.78 is 27.0. The monoisotopic (exact) mass is 583 g/mol. The smallest absolute Gasteiger partial charge is 0.231 e. The van der Waals surface area contributed by atoms with E-state index in [1.54, 1.807) is 24.7 Å². The number of hydrogen-bond donors (Lipinski definition) is 1. The minimum atomic E-state index is -0.251. The van der Waals surface area contributed by atoms with Gasteiger partial charge in [-0.05, 0) is 84.8 Å². The molecule has 2 aromatic heterocycles. The van der Waals surface area contributed by atoms with Gasteiger partial charge in [-0.15, -0.1) is 0 Å². The molecule has 1 fully saturated rings. The summed E-state index contributed by atoms with van der Waals surface area (Å²) in [6, 6.07) is 21.5. The predicted molar refractivity (Wildman–Crippen MR) is 162 cm³/mol. The third kappa shape index (κ3) is 5.40. The molecule has 214 valence electrons. The Morgan fingerprint density at radius 2 is 1.79 bits per heavy atom. The number of hydrogen-bond acceptors (Lipinski definition) is 6. The lowest BCUT2D eigenvalue weighted by Gasteiger charge is -2.37. The first-order chi connectivity index (χ1) is 20.5. The molecule has 7 nitrogen and oxygen atoms in total. The maximum absolute atomic E-state index is 13.8. The van der Waals surface area contributed by atoms with Gasteiger partial charge in [-0.1, -0.05) is 35.9 Å². The molecule has 2 N–H and O–H groups in total. The van der Waals surface area contributed by atoms with E-state index in [9.17, 15) is 4.39 Å². The first-order valence-electron chi connectivity index (χ1n) is 14.3. The van der Waals surface area contributed by atoms with E-state index in [-0.39, 0.29) is 18.7 Å². The maximum Gasteiger partial charge on any atom is 0.231 e. The van der Waals surface area contributed by atoms with Gasteiger partial charge in [0.2, 0.25) is 6.79 Å². The molecule has 9 heteroatoms. The van der Waals surface area contributed by atoms with Crippen molar-refractivity contribution >= 4 is 28.5 Å². The SMILES string of the molecule is NC1CCC(N(Cc2ccc3c(c2)OCO3)c2cc(-c3ccc4ncn(Cc5cccc(F)c5)c4c3)c(Cl)cn2)CC1. The van der Waals surface area contributed by atoms with Gasteiger partial charge < -0.3 is 24.7 Å². The van der Waals surface area contributed by atoms with Gasteiger partial charge in [-0.3, -0.25) is 0 Å². The van der Waals surface area contributed by atoms with Gasteiger partial charge in [0.15, 0.2) is 11.5 Å². The van der Waals surface area contributed by atoms with E-state index in [0.29, 0.717) is 24.2 Å². The highest BCUT2D eigenvalue weighted by molar-refractivity contribution is 6.33. The second-order valence-corrected chi connectivity index (χ2v) is 11.5. The molecule has 0 amide bonds. The van der Waals surface area contributed by atoms with Crippen LogP contribution in [-0.4, -0.2) is 33.4 Å².